The first-order valence-corrected chi connectivity index (χ1v) is 15.1. The van der Waals surface area contributed by atoms with Gasteiger partial charge in [-0.3, -0.25) is 13.9 Å². The van der Waals surface area contributed by atoms with Crippen LogP contribution in [-0.2, 0) is 26.0 Å². The van der Waals surface area contributed by atoms with E-state index < -0.39 is 28.5 Å². The average Bonchev–Trinajstić information content (AvgIpc) is 3.00. The summed E-state index contributed by atoms with van der Waals surface area (Å²) in [7, 11) is -1.29. The highest BCUT2D eigenvalue weighted by Crippen LogP contribution is 2.33. The summed E-state index contributed by atoms with van der Waals surface area (Å²) in [6, 6.07) is 21.4. The Hall–Kier alpha value is -4.05. The quantitative estimate of drug-likeness (QED) is 0.269. The molecule has 220 valence electrons. The summed E-state index contributed by atoms with van der Waals surface area (Å²) in [6.45, 7) is 3.89. The molecule has 0 aliphatic carbocycles. The van der Waals surface area contributed by atoms with Crippen LogP contribution in [0.1, 0.15) is 32.3 Å². The molecule has 1 N–H and O–H groups in total. The molecule has 0 aromatic heterocycles. The maximum atomic E-state index is 14.0. The van der Waals surface area contributed by atoms with Crippen molar-refractivity contribution >= 4 is 27.5 Å². The van der Waals surface area contributed by atoms with Crippen LogP contribution in [-0.4, -0.2) is 65.0 Å². The molecule has 9 nitrogen and oxygen atoms in total. The number of para-hydroxylation sites is 2. The van der Waals surface area contributed by atoms with Gasteiger partial charge in [-0.05, 0) is 61.7 Å². The number of sulfonamides is 1. The Bertz CT molecular complexity index is 1380. The van der Waals surface area contributed by atoms with Gasteiger partial charge in [0, 0.05) is 13.1 Å². The Balaban J connectivity index is 1.99. The second kappa shape index (κ2) is 15.1. The summed E-state index contributed by atoms with van der Waals surface area (Å²) >= 11 is 0. The number of ether oxygens (including phenoxy) is 2. The number of benzene rings is 3. The fourth-order valence-corrected chi connectivity index (χ4v) is 5.75. The molecular formula is C31H39N3O6S. The molecule has 10 heteroatoms. The molecule has 0 saturated heterocycles. The van der Waals surface area contributed by atoms with E-state index in [4.69, 9.17) is 9.47 Å². The molecule has 0 aliphatic rings. The smallest absolute Gasteiger partial charge is 0.264 e. The fourth-order valence-electron chi connectivity index (χ4n) is 4.33. The van der Waals surface area contributed by atoms with Crippen LogP contribution in [0.5, 0.6) is 11.5 Å². The zero-order valence-corrected chi connectivity index (χ0v) is 24.9. The molecule has 0 unspecified atom stereocenters. The highest BCUT2D eigenvalue weighted by molar-refractivity contribution is 7.92. The highest BCUT2D eigenvalue weighted by atomic mass is 32.2. The molecule has 0 radical (unpaired) electrons. The van der Waals surface area contributed by atoms with E-state index in [-0.39, 0.29) is 23.0 Å². The second-order valence-corrected chi connectivity index (χ2v) is 11.4. The summed E-state index contributed by atoms with van der Waals surface area (Å²) in [5, 5.41) is 2.89. The lowest BCUT2D eigenvalue weighted by atomic mass is 10.1. The molecule has 0 bridgehead atoms. The van der Waals surface area contributed by atoms with E-state index in [9.17, 15) is 18.0 Å². The van der Waals surface area contributed by atoms with Crippen LogP contribution in [0.4, 0.5) is 5.69 Å². The largest absolute Gasteiger partial charge is 0.497 e. The molecule has 3 aromatic carbocycles. The number of carbonyl (C=O) groups excluding carboxylic acids is 2. The van der Waals surface area contributed by atoms with E-state index in [1.807, 2.05) is 37.3 Å². The Morgan fingerprint density at radius 1 is 0.902 bits per heavy atom. The van der Waals surface area contributed by atoms with Gasteiger partial charge in [0.05, 0.1) is 24.8 Å². The molecule has 0 heterocycles. The number of nitrogens with zero attached hydrogens (tertiary/aromatic N) is 2. The number of carbonyl (C=O) groups is 2. The van der Waals surface area contributed by atoms with Crippen LogP contribution in [0.15, 0.2) is 83.8 Å². The van der Waals surface area contributed by atoms with Gasteiger partial charge in [0.2, 0.25) is 11.8 Å². The van der Waals surface area contributed by atoms with Gasteiger partial charge in [0.25, 0.3) is 10.0 Å². The van der Waals surface area contributed by atoms with Gasteiger partial charge in [0.1, 0.15) is 24.1 Å². The summed E-state index contributed by atoms with van der Waals surface area (Å²) in [5.74, 6) is -0.0128. The van der Waals surface area contributed by atoms with E-state index in [1.165, 1.54) is 31.3 Å². The zero-order chi connectivity index (χ0) is 29.8. The van der Waals surface area contributed by atoms with Gasteiger partial charge >= 0.3 is 0 Å². The number of rotatable bonds is 15. The number of hydrogen-bond donors (Lipinski definition) is 1. The Morgan fingerprint density at radius 3 is 2.20 bits per heavy atom. The second-order valence-electron chi connectivity index (χ2n) is 9.50. The van der Waals surface area contributed by atoms with Crippen LogP contribution in [0.25, 0.3) is 0 Å². The molecule has 2 amide bonds. The van der Waals surface area contributed by atoms with Gasteiger partial charge in [-0.15, -0.1) is 0 Å². The van der Waals surface area contributed by atoms with Crippen molar-refractivity contribution in [2.24, 2.45) is 0 Å². The van der Waals surface area contributed by atoms with Crippen LogP contribution < -0.4 is 19.1 Å². The van der Waals surface area contributed by atoms with E-state index in [2.05, 4.69) is 5.32 Å². The van der Waals surface area contributed by atoms with Crippen molar-refractivity contribution in [2.75, 3.05) is 38.2 Å². The van der Waals surface area contributed by atoms with Gasteiger partial charge in [-0.25, -0.2) is 8.42 Å². The van der Waals surface area contributed by atoms with Crippen molar-refractivity contribution in [3.63, 3.8) is 0 Å². The normalized spacial score (nSPS) is 11.8. The maximum absolute atomic E-state index is 14.0. The first-order valence-electron chi connectivity index (χ1n) is 13.6. The lowest BCUT2D eigenvalue weighted by Gasteiger charge is -2.32. The minimum Gasteiger partial charge on any atom is -0.497 e. The van der Waals surface area contributed by atoms with Crippen LogP contribution in [0, 0.1) is 0 Å². The molecule has 1 atom stereocenters. The van der Waals surface area contributed by atoms with Crippen LogP contribution >= 0.6 is 0 Å². The summed E-state index contributed by atoms with van der Waals surface area (Å²) in [4.78, 5) is 28.5. The first kappa shape index (κ1) is 31.5. The van der Waals surface area contributed by atoms with E-state index in [1.54, 1.807) is 43.3 Å². The Labute approximate surface area is 243 Å². The number of hydrogen-bond acceptors (Lipinski definition) is 6. The van der Waals surface area contributed by atoms with Crippen molar-refractivity contribution < 1.29 is 27.5 Å². The lowest BCUT2D eigenvalue weighted by molar-refractivity contribution is -0.138. The van der Waals surface area contributed by atoms with Crippen molar-refractivity contribution in [1.29, 1.82) is 0 Å². The summed E-state index contributed by atoms with van der Waals surface area (Å²) in [5.41, 5.74) is 1.21. The van der Waals surface area contributed by atoms with Gasteiger partial charge in [0.15, 0.2) is 0 Å². The zero-order valence-electron chi connectivity index (χ0n) is 24.1. The predicted octanol–water partition coefficient (Wildman–Crippen LogP) is 4.28. The number of anilines is 1. The fraction of sp³-hybridized carbons (Fsp3) is 0.355. The van der Waals surface area contributed by atoms with Gasteiger partial charge in [-0.1, -0.05) is 55.8 Å². The van der Waals surface area contributed by atoms with E-state index >= 15 is 0 Å². The van der Waals surface area contributed by atoms with Crippen LogP contribution in [0.2, 0.25) is 0 Å². The standard InChI is InChI=1S/C31H39N3O6S/c1-5-6-21-32-31(36)24(2)33(22-20-25-12-8-7-9-13-25)30(35)23-34(28-14-10-11-15-29(28)40-4)41(37,38)27-18-16-26(39-3)17-19-27/h7-19,24H,5-6,20-23H2,1-4H3,(H,32,36)/t24-/m0/s1. The summed E-state index contributed by atoms with van der Waals surface area (Å²) in [6.07, 6.45) is 2.24. The lowest BCUT2D eigenvalue weighted by Crippen LogP contribution is -2.52. The minimum atomic E-state index is -4.22. The highest BCUT2D eigenvalue weighted by Gasteiger charge is 2.33. The summed E-state index contributed by atoms with van der Waals surface area (Å²) < 4.78 is 39.7. The molecular weight excluding hydrogens is 542 g/mol. The third-order valence-electron chi connectivity index (χ3n) is 6.76. The predicted molar refractivity (Wildman–Crippen MR) is 160 cm³/mol. The number of unbranched alkanes of at least 4 members (excludes halogenated alkanes) is 1. The Kier molecular flexibility index (Phi) is 11.6. The van der Waals surface area contributed by atoms with E-state index in [0.29, 0.717) is 24.5 Å². The number of nitrogens with one attached hydrogen (secondary N) is 1. The molecule has 41 heavy (non-hydrogen) atoms. The first-order chi connectivity index (χ1) is 19.7. The molecule has 3 aromatic rings. The van der Waals surface area contributed by atoms with Gasteiger partial charge < -0.3 is 19.7 Å². The van der Waals surface area contributed by atoms with Crippen molar-refractivity contribution in [3.05, 3.63) is 84.4 Å². The Morgan fingerprint density at radius 2 is 1.56 bits per heavy atom. The molecule has 0 fully saturated rings. The minimum absolute atomic E-state index is 0.0156. The van der Waals surface area contributed by atoms with Crippen molar-refractivity contribution in [3.8, 4) is 11.5 Å². The molecule has 0 aliphatic heterocycles. The van der Waals surface area contributed by atoms with Crippen LogP contribution in [0.3, 0.4) is 0 Å². The van der Waals surface area contributed by atoms with Crippen molar-refractivity contribution in [2.45, 2.75) is 44.0 Å². The molecule has 0 spiro atoms. The molecule has 3 rings (SSSR count). The molecule has 0 saturated carbocycles. The van der Waals surface area contributed by atoms with E-state index in [0.717, 1.165) is 22.7 Å². The monoisotopic (exact) mass is 581 g/mol. The van der Waals surface area contributed by atoms with Gasteiger partial charge in [-0.2, -0.15) is 0 Å². The van der Waals surface area contributed by atoms with Crippen molar-refractivity contribution in [1.82, 2.24) is 10.2 Å². The maximum Gasteiger partial charge on any atom is 0.264 e. The number of methoxy groups -OCH3 is 2. The SMILES string of the molecule is CCCCNC(=O)[C@H](C)N(CCc1ccccc1)C(=O)CN(c1ccccc1OC)S(=O)(=O)c1ccc(OC)cc1. The topological polar surface area (TPSA) is 105 Å². The third-order valence-corrected chi connectivity index (χ3v) is 8.54. The average molecular weight is 582 g/mol. The number of amides is 2. The third kappa shape index (κ3) is 8.23.